The van der Waals surface area contributed by atoms with Gasteiger partial charge < -0.3 is 9.73 Å². The molecule has 3 N–H and O–H groups in total. The van der Waals surface area contributed by atoms with Crippen molar-refractivity contribution in [3.8, 4) is 5.69 Å². The topological polar surface area (TPSA) is 113 Å². The lowest BCUT2D eigenvalue weighted by atomic mass is 10.2. The lowest BCUT2D eigenvalue weighted by Crippen LogP contribution is -2.33. The van der Waals surface area contributed by atoms with E-state index >= 15 is 0 Å². The van der Waals surface area contributed by atoms with E-state index in [-0.39, 0.29) is 11.4 Å². The Hall–Kier alpha value is -3.04. The van der Waals surface area contributed by atoms with Crippen molar-refractivity contribution in [1.82, 2.24) is 25.1 Å². The number of hydrogen-bond donors (Lipinski definition) is 3. The van der Waals surface area contributed by atoms with Crippen LogP contribution in [-0.4, -0.2) is 30.9 Å². The molecular formula is C22H23ClN6O2S. The van der Waals surface area contributed by atoms with Crippen LogP contribution in [0.1, 0.15) is 30.4 Å². The molecule has 0 radical (unpaired) electrons. The predicted molar refractivity (Wildman–Crippen MR) is 124 cm³/mol. The van der Waals surface area contributed by atoms with E-state index in [1.165, 1.54) is 11.8 Å². The van der Waals surface area contributed by atoms with Gasteiger partial charge >= 0.3 is 0 Å². The number of hydrogen-bond acceptors (Lipinski definition) is 6. The summed E-state index contributed by atoms with van der Waals surface area (Å²) in [4.78, 5) is 17.6. The zero-order valence-electron chi connectivity index (χ0n) is 17.9. The smallest absolute Gasteiger partial charge is 0.233 e. The predicted octanol–water partition coefficient (Wildman–Crippen LogP) is 4.28. The van der Waals surface area contributed by atoms with Crippen LogP contribution in [0.2, 0.25) is 5.02 Å². The number of H-pyrrole nitrogens is 1. The Kier molecular flexibility index (Phi) is 6.38. The van der Waals surface area contributed by atoms with Gasteiger partial charge in [0.15, 0.2) is 10.8 Å². The molecule has 10 heteroatoms. The van der Waals surface area contributed by atoms with Crippen LogP contribution in [0.4, 0.5) is 0 Å². The highest BCUT2D eigenvalue weighted by molar-refractivity contribution is 8.00. The van der Waals surface area contributed by atoms with Crippen molar-refractivity contribution in [2.75, 3.05) is 0 Å². The van der Waals surface area contributed by atoms with Crippen molar-refractivity contribution < 1.29 is 9.21 Å². The fraction of sp³-hybridized carbons (Fsp3) is 0.273. The standard InChI is InChI=1S/C22H23ClN6O2S/c1-4-17(21(30)25-11-15-6-5-9-31-15)32-22-26-20-18(13(3)27-28-20)19(24)29(22)16-10-14(23)8-7-12(16)2/h5-10,17,24H,4,11H2,1-3H3,(H,25,30)(H,27,28)/t17-/m1/s1. The van der Waals surface area contributed by atoms with Crippen LogP contribution in [-0.2, 0) is 11.3 Å². The maximum absolute atomic E-state index is 12.9. The first-order chi connectivity index (χ1) is 15.4. The summed E-state index contributed by atoms with van der Waals surface area (Å²) in [6.07, 6.45) is 2.15. The minimum atomic E-state index is -0.417. The third-order valence-corrected chi connectivity index (χ3v) is 6.67. The minimum absolute atomic E-state index is 0.130. The van der Waals surface area contributed by atoms with E-state index in [2.05, 4.69) is 15.5 Å². The van der Waals surface area contributed by atoms with E-state index in [0.717, 1.165) is 16.9 Å². The van der Waals surface area contributed by atoms with Crippen LogP contribution in [0.15, 0.2) is 46.2 Å². The number of benzene rings is 1. The fourth-order valence-corrected chi connectivity index (χ4v) is 4.62. The summed E-state index contributed by atoms with van der Waals surface area (Å²) >= 11 is 7.58. The molecule has 32 heavy (non-hydrogen) atoms. The third kappa shape index (κ3) is 4.31. The van der Waals surface area contributed by atoms with Gasteiger partial charge in [-0.25, -0.2) is 4.98 Å². The van der Waals surface area contributed by atoms with Crippen molar-refractivity contribution in [1.29, 1.82) is 5.41 Å². The Labute approximate surface area is 193 Å². The Morgan fingerprint density at radius 1 is 1.38 bits per heavy atom. The van der Waals surface area contributed by atoms with Gasteiger partial charge in [-0.1, -0.05) is 36.4 Å². The van der Waals surface area contributed by atoms with Crippen LogP contribution in [0, 0.1) is 19.3 Å². The molecule has 1 aromatic carbocycles. The van der Waals surface area contributed by atoms with Gasteiger partial charge in [-0.3, -0.25) is 19.9 Å². The molecule has 0 aliphatic heterocycles. The molecular weight excluding hydrogens is 448 g/mol. The van der Waals surface area contributed by atoms with Gasteiger partial charge in [0.05, 0.1) is 29.1 Å². The molecule has 3 aromatic heterocycles. The van der Waals surface area contributed by atoms with E-state index in [9.17, 15) is 4.79 Å². The van der Waals surface area contributed by atoms with Gasteiger partial charge in [-0.05, 0) is 50.1 Å². The third-order valence-electron chi connectivity index (χ3n) is 5.12. The number of carbonyl (C=O) groups excluding carboxylic acids is 1. The number of amides is 1. The molecule has 166 valence electrons. The molecule has 0 unspecified atom stereocenters. The lowest BCUT2D eigenvalue weighted by molar-refractivity contribution is -0.120. The first-order valence-electron chi connectivity index (χ1n) is 10.1. The van der Waals surface area contributed by atoms with Crippen LogP contribution in [0.5, 0.6) is 0 Å². The number of rotatable bonds is 7. The fourth-order valence-electron chi connectivity index (χ4n) is 3.41. The number of aromatic amines is 1. The average Bonchev–Trinajstić information content (AvgIpc) is 3.42. The monoisotopic (exact) mass is 470 g/mol. The molecule has 3 heterocycles. The van der Waals surface area contributed by atoms with Crippen molar-refractivity contribution in [3.63, 3.8) is 0 Å². The molecule has 8 nitrogen and oxygen atoms in total. The molecule has 4 aromatic rings. The number of nitrogens with zero attached hydrogens (tertiary/aromatic N) is 3. The van der Waals surface area contributed by atoms with Gasteiger partial charge in [-0.2, -0.15) is 5.10 Å². The lowest BCUT2D eigenvalue weighted by Gasteiger charge is -2.19. The van der Waals surface area contributed by atoms with E-state index < -0.39 is 5.25 Å². The quantitative estimate of drug-likeness (QED) is 0.275. The molecule has 0 aliphatic rings. The van der Waals surface area contributed by atoms with E-state index in [0.29, 0.717) is 39.9 Å². The Morgan fingerprint density at radius 3 is 2.91 bits per heavy atom. The summed E-state index contributed by atoms with van der Waals surface area (Å²) < 4.78 is 7.03. The number of nitrogens with one attached hydrogen (secondary N) is 3. The van der Waals surface area contributed by atoms with Crippen LogP contribution in [0.25, 0.3) is 16.7 Å². The Balaban J connectivity index is 1.76. The summed E-state index contributed by atoms with van der Waals surface area (Å²) in [6.45, 7) is 6.06. The number of aromatic nitrogens is 4. The van der Waals surface area contributed by atoms with Crippen molar-refractivity contribution in [2.24, 2.45) is 0 Å². The first kappa shape index (κ1) is 22.2. The average molecular weight is 471 g/mol. The van der Waals surface area contributed by atoms with E-state index in [4.69, 9.17) is 26.4 Å². The second kappa shape index (κ2) is 9.22. The Bertz CT molecular complexity index is 1330. The number of carbonyl (C=O) groups is 1. The van der Waals surface area contributed by atoms with Gasteiger partial charge in [0.1, 0.15) is 11.2 Å². The number of fused-ring (bicyclic) bond motifs is 1. The summed E-state index contributed by atoms with van der Waals surface area (Å²) in [5, 5.41) is 20.2. The maximum atomic E-state index is 12.9. The second-order valence-corrected chi connectivity index (χ2v) is 8.97. The van der Waals surface area contributed by atoms with Crippen molar-refractivity contribution in [3.05, 3.63) is 64.1 Å². The zero-order chi connectivity index (χ0) is 22.8. The van der Waals surface area contributed by atoms with Gasteiger partial charge in [0.2, 0.25) is 5.91 Å². The normalized spacial score (nSPS) is 12.2. The van der Waals surface area contributed by atoms with E-state index in [1.54, 1.807) is 23.0 Å². The summed E-state index contributed by atoms with van der Waals surface area (Å²) in [5.74, 6) is 0.553. The number of thioether (sulfide) groups is 1. The molecule has 1 atom stereocenters. The molecule has 0 saturated heterocycles. The molecule has 0 spiro atoms. The van der Waals surface area contributed by atoms with Gasteiger partial charge in [0.25, 0.3) is 0 Å². The maximum Gasteiger partial charge on any atom is 0.233 e. The molecule has 0 bridgehead atoms. The van der Waals surface area contributed by atoms with Crippen LogP contribution >= 0.6 is 23.4 Å². The van der Waals surface area contributed by atoms with Crippen LogP contribution < -0.4 is 10.8 Å². The summed E-state index contributed by atoms with van der Waals surface area (Å²) in [5.41, 5.74) is 3.11. The summed E-state index contributed by atoms with van der Waals surface area (Å²) in [7, 11) is 0. The molecule has 0 saturated carbocycles. The second-order valence-electron chi connectivity index (χ2n) is 7.37. The van der Waals surface area contributed by atoms with Crippen LogP contribution in [0.3, 0.4) is 0 Å². The highest BCUT2D eigenvalue weighted by Gasteiger charge is 2.23. The zero-order valence-corrected chi connectivity index (χ0v) is 19.5. The first-order valence-corrected chi connectivity index (χ1v) is 11.4. The number of aryl methyl sites for hydroxylation is 2. The van der Waals surface area contributed by atoms with Gasteiger partial charge in [-0.15, -0.1) is 0 Å². The van der Waals surface area contributed by atoms with Gasteiger partial charge in [0, 0.05) is 10.7 Å². The molecule has 0 fully saturated rings. The largest absolute Gasteiger partial charge is 0.467 e. The molecule has 1 amide bonds. The Morgan fingerprint density at radius 2 is 2.19 bits per heavy atom. The van der Waals surface area contributed by atoms with Crippen molar-refractivity contribution in [2.45, 2.75) is 44.1 Å². The molecule has 0 aliphatic carbocycles. The SMILES string of the molecule is CC[C@@H](Sc1nc2n[nH]c(C)c2c(=N)n1-c1cc(Cl)ccc1C)C(=O)NCc1ccco1. The van der Waals surface area contributed by atoms with Crippen molar-refractivity contribution >= 4 is 40.3 Å². The number of halogens is 1. The minimum Gasteiger partial charge on any atom is -0.467 e. The van der Waals surface area contributed by atoms with E-state index in [1.807, 2.05) is 39.0 Å². The highest BCUT2D eigenvalue weighted by Crippen LogP contribution is 2.29. The molecule has 4 rings (SSSR count). The summed E-state index contributed by atoms with van der Waals surface area (Å²) in [6, 6.07) is 9.11. The highest BCUT2D eigenvalue weighted by atomic mass is 35.5. The number of furan rings is 1.